The van der Waals surface area contributed by atoms with Gasteiger partial charge in [-0.25, -0.2) is 0 Å². The minimum absolute atomic E-state index is 0.0630. The molecule has 0 aliphatic carbocycles. The second-order valence-electron chi connectivity index (χ2n) is 3.20. The lowest BCUT2D eigenvalue weighted by atomic mass is 10.2. The molecule has 4 nitrogen and oxygen atoms in total. The Morgan fingerprint density at radius 2 is 2.21 bits per heavy atom. The maximum Gasteiger partial charge on any atom is 0.255 e. The number of hydrogen-bond donors (Lipinski definition) is 0. The van der Waals surface area contributed by atoms with Crippen molar-refractivity contribution in [1.82, 2.24) is 9.88 Å². The van der Waals surface area contributed by atoms with Crippen molar-refractivity contribution in [3.8, 4) is 0 Å². The number of piperazine rings is 1. The van der Waals surface area contributed by atoms with Gasteiger partial charge in [-0.05, 0) is 12.1 Å². The van der Waals surface area contributed by atoms with Gasteiger partial charge in [0.15, 0.2) is 0 Å². The second kappa shape index (κ2) is 4.19. The average Bonchev–Trinajstić information content (AvgIpc) is 2.30. The summed E-state index contributed by atoms with van der Waals surface area (Å²) < 4.78 is 0. The Hall–Kier alpha value is -1.42. The Balaban J connectivity index is 2.07. The summed E-state index contributed by atoms with van der Waals surface area (Å²) in [4.78, 5) is 17.6. The largest absolute Gasteiger partial charge is 0.659 e. The first-order valence-corrected chi connectivity index (χ1v) is 4.70. The number of hydrogen-bond acceptors (Lipinski definition) is 2. The van der Waals surface area contributed by atoms with Gasteiger partial charge in [0.25, 0.3) is 5.91 Å². The predicted molar refractivity (Wildman–Crippen MR) is 53.2 cm³/mol. The van der Waals surface area contributed by atoms with Gasteiger partial charge in [-0.2, -0.15) is 0 Å². The molecule has 1 amide bonds. The van der Waals surface area contributed by atoms with E-state index in [2.05, 4.69) is 10.3 Å². The Kier molecular flexibility index (Phi) is 2.74. The van der Waals surface area contributed by atoms with Crippen LogP contribution in [0.15, 0.2) is 24.5 Å². The minimum Gasteiger partial charge on any atom is -0.659 e. The van der Waals surface area contributed by atoms with E-state index in [9.17, 15) is 4.79 Å². The van der Waals surface area contributed by atoms with E-state index in [0.717, 1.165) is 26.2 Å². The molecule has 74 valence electrons. The molecule has 1 aliphatic heterocycles. The number of rotatable bonds is 1. The molecule has 4 heteroatoms. The Bertz CT molecular complexity index is 306. The average molecular weight is 190 g/mol. The third-order valence-corrected chi connectivity index (χ3v) is 2.25. The molecule has 1 saturated heterocycles. The van der Waals surface area contributed by atoms with Crippen LogP contribution in [-0.2, 0) is 0 Å². The first-order chi connectivity index (χ1) is 6.88. The molecule has 0 spiro atoms. The molecule has 0 atom stereocenters. The number of nitrogens with zero attached hydrogens (tertiary/aromatic N) is 3. The van der Waals surface area contributed by atoms with Gasteiger partial charge in [0, 0.05) is 25.5 Å². The van der Waals surface area contributed by atoms with Crippen LogP contribution in [0.3, 0.4) is 0 Å². The molecule has 2 rings (SSSR count). The summed E-state index contributed by atoms with van der Waals surface area (Å²) in [7, 11) is 0. The van der Waals surface area contributed by atoms with E-state index < -0.39 is 0 Å². The lowest BCUT2D eigenvalue weighted by Gasteiger charge is -2.35. The molecule has 2 heterocycles. The van der Waals surface area contributed by atoms with Crippen molar-refractivity contribution in [2.24, 2.45) is 0 Å². The van der Waals surface area contributed by atoms with Crippen LogP contribution >= 0.6 is 0 Å². The summed E-state index contributed by atoms with van der Waals surface area (Å²) in [5.41, 5.74) is 0.661. The highest BCUT2D eigenvalue weighted by Crippen LogP contribution is 2.07. The number of carbonyl (C=O) groups excluding carboxylic acids is 1. The fraction of sp³-hybridized carbons (Fsp3) is 0.400. The molecule has 1 aromatic heterocycles. The maximum absolute atomic E-state index is 11.8. The Morgan fingerprint density at radius 1 is 1.43 bits per heavy atom. The summed E-state index contributed by atoms with van der Waals surface area (Å²) in [5.74, 6) is 0.0630. The summed E-state index contributed by atoms with van der Waals surface area (Å²) >= 11 is 0. The zero-order chi connectivity index (χ0) is 9.80. The van der Waals surface area contributed by atoms with Crippen LogP contribution in [0.4, 0.5) is 0 Å². The van der Waals surface area contributed by atoms with Gasteiger partial charge in [0.1, 0.15) is 0 Å². The highest BCUT2D eigenvalue weighted by atomic mass is 16.2. The van der Waals surface area contributed by atoms with Crippen LogP contribution in [0.25, 0.3) is 5.32 Å². The molecule has 1 aromatic rings. The van der Waals surface area contributed by atoms with Crippen molar-refractivity contribution in [2.45, 2.75) is 0 Å². The normalized spacial score (nSPS) is 16.7. The van der Waals surface area contributed by atoms with Gasteiger partial charge in [-0.15, -0.1) is 13.1 Å². The Labute approximate surface area is 82.9 Å². The van der Waals surface area contributed by atoms with Gasteiger partial charge in [0.2, 0.25) is 0 Å². The molecule has 0 aromatic carbocycles. The first kappa shape index (κ1) is 9.15. The Morgan fingerprint density at radius 3 is 2.86 bits per heavy atom. The molecule has 1 aliphatic rings. The fourth-order valence-corrected chi connectivity index (χ4v) is 1.48. The molecule has 0 unspecified atom stereocenters. The maximum atomic E-state index is 11.8. The van der Waals surface area contributed by atoms with Crippen molar-refractivity contribution < 1.29 is 4.79 Å². The van der Waals surface area contributed by atoms with E-state index in [1.807, 2.05) is 4.90 Å². The highest BCUT2D eigenvalue weighted by Gasteiger charge is 2.14. The molecule has 0 saturated carbocycles. The topological polar surface area (TPSA) is 47.3 Å². The standard InChI is InChI=1S/C10H12N3O/c14-10(9-2-1-3-12-8-9)13-6-4-11-5-7-13/h1-3,8H,4-7H2/q-1. The van der Waals surface area contributed by atoms with E-state index in [4.69, 9.17) is 0 Å². The SMILES string of the molecule is O=C(c1cccnc1)N1CC[N-]CC1. The van der Waals surface area contributed by atoms with Gasteiger partial charge < -0.3 is 10.2 Å². The van der Waals surface area contributed by atoms with E-state index in [1.54, 1.807) is 24.5 Å². The monoisotopic (exact) mass is 190 g/mol. The summed E-state index contributed by atoms with van der Waals surface area (Å²) in [6.07, 6.45) is 3.27. The number of aromatic nitrogens is 1. The second-order valence-corrected chi connectivity index (χ2v) is 3.20. The molecular weight excluding hydrogens is 178 g/mol. The van der Waals surface area contributed by atoms with E-state index >= 15 is 0 Å². The quantitative estimate of drug-likeness (QED) is 0.660. The van der Waals surface area contributed by atoms with Crippen molar-refractivity contribution in [3.05, 3.63) is 35.4 Å². The number of carbonyl (C=O) groups is 1. The van der Waals surface area contributed by atoms with Crippen molar-refractivity contribution in [1.29, 1.82) is 0 Å². The van der Waals surface area contributed by atoms with Crippen molar-refractivity contribution in [3.63, 3.8) is 0 Å². The molecule has 0 N–H and O–H groups in total. The van der Waals surface area contributed by atoms with Crippen LogP contribution in [0, 0.1) is 0 Å². The summed E-state index contributed by atoms with van der Waals surface area (Å²) in [6, 6.07) is 3.57. The summed E-state index contributed by atoms with van der Waals surface area (Å²) in [5, 5.41) is 4.19. The fourth-order valence-electron chi connectivity index (χ4n) is 1.48. The van der Waals surface area contributed by atoms with Crippen LogP contribution in [-0.4, -0.2) is 42.0 Å². The lowest BCUT2D eigenvalue weighted by molar-refractivity contribution is 0.0758. The minimum atomic E-state index is 0.0630. The molecular formula is C10H12N3O-. The van der Waals surface area contributed by atoms with Crippen LogP contribution in [0.2, 0.25) is 0 Å². The zero-order valence-corrected chi connectivity index (χ0v) is 7.89. The highest BCUT2D eigenvalue weighted by molar-refractivity contribution is 5.94. The van der Waals surface area contributed by atoms with Crippen LogP contribution in [0.1, 0.15) is 10.4 Å². The molecule has 0 bridgehead atoms. The lowest BCUT2D eigenvalue weighted by Crippen LogP contribution is -2.39. The third-order valence-electron chi connectivity index (χ3n) is 2.25. The molecule has 0 radical (unpaired) electrons. The smallest absolute Gasteiger partial charge is 0.255 e. The predicted octanol–water partition coefficient (Wildman–Crippen LogP) is 0.911. The molecule has 14 heavy (non-hydrogen) atoms. The van der Waals surface area contributed by atoms with E-state index in [0.29, 0.717) is 5.56 Å². The van der Waals surface area contributed by atoms with Crippen molar-refractivity contribution >= 4 is 5.91 Å². The van der Waals surface area contributed by atoms with Gasteiger partial charge >= 0.3 is 0 Å². The zero-order valence-electron chi connectivity index (χ0n) is 7.89. The van der Waals surface area contributed by atoms with E-state index in [-0.39, 0.29) is 5.91 Å². The van der Waals surface area contributed by atoms with Gasteiger partial charge in [0.05, 0.1) is 5.56 Å². The molecule has 1 fully saturated rings. The van der Waals surface area contributed by atoms with E-state index in [1.165, 1.54) is 0 Å². The van der Waals surface area contributed by atoms with Crippen LogP contribution in [0.5, 0.6) is 0 Å². The number of amides is 1. The van der Waals surface area contributed by atoms with Gasteiger partial charge in [-0.1, -0.05) is 0 Å². The third kappa shape index (κ3) is 1.90. The van der Waals surface area contributed by atoms with Crippen LogP contribution < -0.4 is 0 Å². The van der Waals surface area contributed by atoms with Crippen molar-refractivity contribution in [2.75, 3.05) is 26.2 Å². The van der Waals surface area contributed by atoms with Gasteiger partial charge in [-0.3, -0.25) is 9.78 Å². The number of pyridine rings is 1. The summed E-state index contributed by atoms with van der Waals surface area (Å²) in [6.45, 7) is 2.97. The first-order valence-electron chi connectivity index (χ1n) is 4.70.